The van der Waals surface area contributed by atoms with Gasteiger partial charge in [-0.2, -0.15) is 0 Å². The predicted octanol–water partition coefficient (Wildman–Crippen LogP) is 5.66. The van der Waals surface area contributed by atoms with Crippen molar-refractivity contribution in [3.05, 3.63) is 28.8 Å². The van der Waals surface area contributed by atoms with Crippen LogP contribution < -0.4 is 4.35 Å². The molecule has 0 N–H and O–H groups in total. The Morgan fingerprint density at radius 2 is 1.96 bits per heavy atom. The molecule has 0 aromatic heterocycles. The van der Waals surface area contributed by atoms with Crippen LogP contribution in [0.1, 0.15) is 59.4 Å². The summed E-state index contributed by atoms with van der Waals surface area (Å²) < 4.78 is 8.79. The molecule has 2 nitrogen and oxygen atoms in total. The van der Waals surface area contributed by atoms with Crippen LogP contribution in [0, 0.1) is 16.7 Å². The average Bonchev–Trinajstić information content (AvgIpc) is 2.50. The molecule has 0 amide bonds. The van der Waals surface area contributed by atoms with Gasteiger partial charge in [-0.25, -0.2) is 0 Å². The molecule has 0 aliphatic heterocycles. The Bertz CT molecular complexity index is 690. The second-order valence-electron chi connectivity index (χ2n) is 9.77. The molecule has 5 heteroatoms. The summed E-state index contributed by atoms with van der Waals surface area (Å²) in [6.45, 7) is 16.5. The van der Waals surface area contributed by atoms with Crippen LogP contribution in [0.4, 0.5) is 0 Å². The Kier molecular flexibility index (Phi) is 6.78. The fourth-order valence-corrected chi connectivity index (χ4v) is 8.69. The zero-order chi connectivity index (χ0) is 19.8. The molecule has 1 aliphatic carbocycles. The van der Waals surface area contributed by atoms with Crippen molar-refractivity contribution in [2.45, 2.75) is 82.8 Å². The van der Waals surface area contributed by atoms with Crippen LogP contribution in [0.3, 0.4) is 0 Å². The molecule has 3 atom stereocenters. The second-order valence-corrected chi connectivity index (χ2v) is 18.2. The fourth-order valence-electron chi connectivity index (χ4n) is 3.26. The minimum atomic E-state index is -1.72. The zero-order valence-electron chi connectivity index (χ0n) is 17.2. The molecule has 1 saturated carbocycles. The van der Waals surface area contributed by atoms with Crippen LogP contribution in [0.15, 0.2) is 18.2 Å². The summed E-state index contributed by atoms with van der Waals surface area (Å²) in [6, 6.07) is 8.16. The van der Waals surface area contributed by atoms with E-state index in [1.165, 1.54) is 17.2 Å². The average molecular weight is 454 g/mol. The molecule has 1 aromatic carbocycles. The molecule has 0 radical (unpaired) electrons. The molecular weight excluding hydrogens is 421 g/mol. The van der Waals surface area contributed by atoms with E-state index in [0.29, 0.717) is 26.8 Å². The van der Waals surface area contributed by atoms with E-state index in [1.54, 1.807) is 0 Å². The molecule has 2 rings (SSSR count). The van der Waals surface area contributed by atoms with Gasteiger partial charge in [-0.05, 0) is 0 Å². The third-order valence-electron chi connectivity index (χ3n) is 6.25. The van der Waals surface area contributed by atoms with Crippen LogP contribution in [0.2, 0.25) is 27.9 Å². The van der Waals surface area contributed by atoms with Crippen molar-refractivity contribution in [1.29, 1.82) is 5.26 Å². The Labute approximate surface area is 172 Å². The van der Waals surface area contributed by atoms with Gasteiger partial charge in [0.2, 0.25) is 0 Å². The number of benzene rings is 1. The number of hydrogen-bond acceptors (Lipinski definition) is 2. The van der Waals surface area contributed by atoms with Gasteiger partial charge in [0, 0.05) is 0 Å². The first-order valence-electron chi connectivity index (χ1n) is 9.50. The maximum absolute atomic E-state index is 9.09. The third-order valence-corrected chi connectivity index (χ3v) is 15.3. The molecule has 26 heavy (non-hydrogen) atoms. The van der Waals surface area contributed by atoms with Crippen molar-refractivity contribution in [2.24, 2.45) is 5.41 Å². The Balaban J connectivity index is 2.13. The van der Waals surface area contributed by atoms with Gasteiger partial charge in [-0.15, -0.1) is 0 Å². The van der Waals surface area contributed by atoms with Crippen molar-refractivity contribution in [2.75, 3.05) is 0 Å². The van der Waals surface area contributed by atoms with Gasteiger partial charge in [0.25, 0.3) is 0 Å². The second kappa shape index (κ2) is 8.00. The molecule has 1 aromatic rings. The standard InChI is InChI=1S/C21H33AsClNOSi/c1-20(2,3)26(6,7)25-17-10-11-21(4,5)19(13-17)22-16-9-8-15(14-24)18(23)12-16/h8-9,12,17,19,22H,10-11,13H2,1-7H3. The summed E-state index contributed by atoms with van der Waals surface area (Å²) in [5, 5.41) is 9.94. The van der Waals surface area contributed by atoms with Gasteiger partial charge in [0.1, 0.15) is 0 Å². The van der Waals surface area contributed by atoms with Crippen LogP contribution in [0.5, 0.6) is 0 Å². The van der Waals surface area contributed by atoms with Gasteiger partial charge < -0.3 is 0 Å². The first kappa shape index (κ1) is 22.0. The van der Waals surface area contributed by atoms with Crippen molar-refractivity contribution in [3.63, 3.8) is 0 Å². The topological polar surface area (TPSA) is 33.0 Å². The quantitative estimate of drug-likeness (QED) is 0.551. The normalized spacial score (nSPS) is 24.0. The van der Waals surface area contributed by atoms with Gasteiger partial charge in [-0.1, -0.05) is 0 Å². The summed E-state index contributed by atoms with van der Waals surface area (Å²) in [7, 11) is -1.72. The Hall–Kier alpha value is -0.265. The summed E-state index contributed by atoms with van der Waals surface area (Å²) in [6.07, 6.45) is 3.96. The number of hydrogen-bond donors (Lipinski definition) is 0. The molecule has 0 spiro atoms. The molecule has 1 aliphatic rings. The molecule has 0 saturated heterocycles. The molecule has 3 unspecified atom stereocenters. The Morgan fingerprint density at radius 1 is 1.31 bits per heavy atom. The molecule has 0 bridgehead atoms. The van der Waals surface area contributed by atoms with Crippen LogP contribution in [0.25, 0.3) is 0 Å². The summed E-state index contributed by atoms with van der Waals surface area (Å²) in [4.78, 5) is 0. The van der Waals surface area contributed by atoms with E-state index in [1.807, 2.05) is 12.1 Å². The van der Waals surface area contributed by atoms with E-state index in [-0.39, 0.29) is 20.8 Å². The van der Waals surface area contributed by atoms with E-state index >= 15 is 0 Å². The van der Waals surface area contributed by atoms with Crippen LogP contribution in [-0.4, -0.2) is 30.2 Å². The molecule has 0 heterocycles. The molecular formula is C21H33AsClNOSi. The van der Waals surface area contributed by atoms with Gasteiger partial charge in [0.05, 0.1) is 0 Å². The molecule has 1 fully saturated rings. The van der Waals surface area contributed by atoms with Gasteiger partial charge in [0.15, 0.2) is 0 Å². The van der Waals surface area contributed by atoms with E-state index in [2.05, 4.69) is 59.8 Å². The van der Waals surface area contributed by atoms with Gasteiger partial charge in [-0.3, -0.25) is 0 Å². The summed E-state index contributed by atoms with van der Waals surface area (Å²) >= 11 is 5.93. The Morgan fingerprint density at radius 3 is 2.50 bits per heavy atom. The van der Waals surface area contributed by atoms with E-state index < -0.39 is 8.32 Å². The van der Waals surface area contributed by atoms with Crippen molar-refractivity contribution >= 4 is 40.0 Å². The van der Waals surface area contributed by atoms with Crippen molar-refractivity contribution < 1.29 is 4.43 Å². The van der Waals surface area contributed by atoms with Crippen molar-refractivity contribution in [1.82, 2.24) is 0 Å². The SMILES string of the molecule is CC1(C)CCC(O[Si](C)(C)C(C)(C)C)CC1[AsH]c1ccc(C#N)c(Cl)c1. The van der Waals surface area contributed by atoms with E-state index in [4.69, 9.17) is 21.3 Å². The van der Waals surface area contributed by atoms with E-state index in [9.17, 15) is 0 Å². The first-order chi connectivity index (χ1) is 11.9. The number of nitriles is 1. The van der Waals surface area contributed by atoms with Crippen molar-refractivity contribution in [3.8, 4) is 6.07 Å². The van der Waals surface area contributed by atoms with Crippen LogP contribution in [-0.2, 0) is 4.43 Å². The third kappa shape index (κ3) is 5.17. The minimum absolute atomic E-state index is 0.256. The number of halogens is 1. The number of rotatable bonds is 4. The zero-order valence-corrected chi connectivity index (χ0v) is 21.1. The van der Waals surface area contributed by atoms with E-state index in [0.717, 1.165) is 6.42 Å². The summed E-state index contributed by atoms with van der Waals surface area (Å²) in [5.74, 6) is 0. The fraction of sp³-hybridized carbons (Fsp3) is 0.667. The predicted molar refractivity (Wildman–Crippen MR) is 116 cm³/mol. The number of nitrogens with zero attached hydrogens (tertiary/aromatic N) is 1. The summed E-state index contributed by atoms with van der Waals surface area (Å²) in [5.41, 5.74) is 0.928. The van der Waals surface area contributed by atoms with Gasteiger partial charge >= 0.3 is 173 Å². The first-order valence-corrected chi connectivity index (χ1v) is 15.0. The van der Waals surface area contributed by atoms with Crippen LogP contribution >= 0.6 is 11.6 Å². The monoisotopic (exact) mass is 453 g/mol. The maximum atomic E-state index is 9.09. The molecule has 144 valence electrons.